The molecule has 0 saturated heterocycles. The lowest BCUT2D eigenvalue weighted by Gasteiger charge is -2.19. The number of hydrogen-bond acceptors (Lipinski definition) is 2. The van der Waals surface area contributed by atoms with E-state index in [0.29, 0.717) is 0 Å². The average Bonchev–Trinajstić information content (AvgIpc) is 2.39. The maximum atomic E-state index is 10.2. The molecule has 2 nitrogen and oxygen atoms in total. The van der Waals surface area contributed by atoms with Crippen LogP contribution in [-0.2, 0) is 0 Å². The highest BCUT2D eigenvalue weighted by Gasteiger charge is 2.18. The first-order valence-corrected chi connectivity index (χ1v) is 5.73. The number of aliphatic hydroxyl groups is 1. The Labute approximate surface area is 102 Å². The van der Waals surface area contributed by atoms with Crippen LogP contribution in [-0.4, -0.2) is 5.11 Å². The van der Waals surface area contributed by atoms with E-state index in [1.807, 2.05) is 61.5 Å². The molecule has 2 aromatic rings. The molecule has 88 valence electrons. The first-order chi connectivity index (χ1) is 8.18. The summed E-state index contributed by atoms with van der Waals surface area (Å²) in [5, 5.41) is 10.2. The topological polar surface area (TPSA) is 46.2 Å². The SMILES string of the molecule is Cc1ccc([C@H](O)[C@H](N)c2ccccc2)cc1. The number of hydrogen-bond donors (Lipinski definition) is 2. The van der Waals surface area contributed by atoms with E-state index in [0.717, 1.165) is 11.1 Å². The first kappa shape index (κ1) is 11.8. The second kappa shape index (κ2) is 5.13. The maximum absolute atomic E-state index is 10.2. The summed E-state index contributed by atoms with van der Waals surface area (Å²) in [6, 6.07) is 17.1. The molecule has 0 fully saturated rings. The zero-order valence-electron chi connectivity index (χ0n) is 9.88. The Hall–Kier alpha value is -1.64. The molecular weight excluding hydrogens is 210 g/mol. The molecule has 0 aromatic heterocycles. The highest BCUT2D eigenvalue weighted by Crippen LogP contribution is 2.26. The zero-order valence-corrected chi connectivity index (χ0v) is 9.88. The van der Waals surface area contributed by atoms with Crippen LogP contribution < -0.4 is 5.73 Å². The van der Waals surface area contributed by atoms with Crippen molar-refractivity contribution < 1.29 is 5.11 Å². The zero-order chi connectivity index (χ0) is 12.3. The van der Waals surface area contributed by atoms with Gasteiger partial charge in [-0.25, -0.2) is 0 Å². The van der Waals surface area contributed by atoms with Gasteiger partial charge in [-0.05, 0) is 18.1 Å². The molecule has 0 bridgehead atoms. The summed E-state index contributed by atoms with van der Waals surface area (Å²) in [6.07, 6.45) is -0.669. The molecule has 2 atom stereocenters. The quantitative estimate of drug-likeness (QED) is 0.847. The molecule has 0 aliphatic rings. The Morgan fingerprint density at radius 1 is 0.882 bits per heavy atom. The van der Waals surface area contributed by atoms with Crippen LogP contribution in [0.15, 0.2) is 54.6 Å². The number of rotatable bonds is 3. The monoisotopic (exact) mass is 227 g/mol. The molecule has 0 unspecified atom stereocenters. The average molecular weight is 227 g/mol. The van der Waals surface area contributed by atoms with Gasteiger partial charge in [0.25, 0.3) is 0 Å². The van der Waals surface area contributed by atoms with Crippen LogP contribution in [0.25, 0.3) is 0 Å². The van der Waals surface area contributed by atoms with E-state index in [1.165, 1.54) is 5.56 Å². The van der Waals surface area contributed by atoms with Crippen molar-refractivity contribution >= 4 is 0 Å². The minimum atomic E-state index is -0.669. The highest BCUT2D eigenvalue weighted by molar-refractivity contribution is 5.27. The van der Waals surface area contributed by atoms with Crippen molar-refractivity contribution in [3.63, 3.8) is 0 Å². The fourth-order valence-corrected chi connectivity index (χ4v) is 1.83. The Balaban J connectivity index is 2.20. The third-order valence-corrected chi connectivity index (χ3v) is 2.94. The smallest absolute Gasteiger partial charge is 0.0982 e. The molecular formula is C15H17NO. The first-order valence-electron chi connectivity index (χ1n) is 5.73. The van der Waals surface area contributed by atoms with E-state index >= 15 is 0 Å². The Morgan fingerprint density at radius 2 is 1.47 bits per heavy atom. The molecule has 0 amide bonds. The summed E-state index contributed by atoms with van der Waals surface area (Å²) in [7, 11) is 0. The third-order valence-electron chi connectivity index (χ3n) is 2.94. The van der Waals surface area contributed by atoms with Gasteiger partial charge in [-0.2, -0.15) is 0 Å². The summed E-state index contributed by atoms with van der Waals surface area (Å²) in [6.45, 7) is 2.02. The van der Waals surface area contributed by atoms with Gasteiger partial charge in [-0.15, -0.1) is 0 Å². The molecule has 3 N–H and O–H groups in total. The van der Waals surface area contributed by atoms with Crippen molar-refractivity contribution in [1.82, 2.24) is 0 Å². The largest absolute Gasteiger partial charge is 0.386 e. The highest BCUT2D eigenvalue weighted by atomic mass is 16.3. The molecule has 17 heavy (non-hydrogen) atoms. The van der Waals surface area contributed by atoms with E-state index < -0.39 is 6.10 Å². The lowest BCUT2D eigenvalue weighted by molar-refractivity contribution is 0.147. The van der Waals surface area contributed by atoms with Gasteiger partial charge >= 0.3 is 0 Å². The Morgan fingerprint density at radius 3 is 2.06 bits per heavy atom. The molecule has 0 aliphatic heterocycles. The fourth-order valence-electron chi connectivity index (χ4n) is 1.83. The van der Waals surface area contributed by atoms with Crippen LogP contribution in [0.5, 0.6) is 0 Å². The number of aryl methyl sites for hydroxylation is 1. The lowest BCUT2D eigenvalue weighted by Crippen LogP contribution is -2.19. The molecule has 0 heterocycles. The number of nitrogens with two attached hydrogens (primary N) is 1. The molecule has 0 radical (unpaired) electrons. The van der Waals surface area contributed by atoms with Gasteiger partial charge in [0.05, 0.1) is 12.1 Å². The predicted molar refractivity (Wildman–Crippen MR) is 69.5 cm³/mol. The molecule has 2 rings (SSSR count). The van der Waals surface area contributed by atoms with E-state index in [2.05, 4.69) is 0 Å². The summed E-state index contributed by atoms with van der Waals surface area (Å²) in [5.41, 5.74) is 9.03. The third kappa shape index (κ3) is 2.73. The fraction of sp³-hybridized carbons (Fsp3) is 0.200. The van der Waals surface area contributed by atoms with E-state index in [1.54, 1.807) is 0 Å². The predicted octanol–water partition coefficient (Wildman–Crippen LogP) is 2.73. The van der Waals surface area contributed by atoms with E-state index in [4.69, 9.17) is 5.73 Å². The molecule has 0 saturated carbocycles. The van der Waals surface area contributed by atoms with Crippen LogP contribution >= 0.6 is 0 Å². The lowest BCUT2D eigenvalue weighted by atomic mass is 9.96. The maximum Gasteiger partial charge on any atom is 0.0982 e. The van der Waals surface area contributed by atoms with Crippen molar-refractivity contribution in [3.05, 3.63) is 71.3 Å². The van der Waals surface area contributed by atoms with Crippen molar-refractivity contribution in [3.8, 4) is 0 Å². The normalized spacial score (nSPS) is 14.3. The van der Waals surface area contributed by atoms with Crippen molar-refractivity contribution in [1.29, 1.82) is 0 Å². The van der Waals surface area contributed by atoms with Crippen molar-refractivity contribution in [2.24, 2.45) is 5.73 Å². The van der Waals surface area contributed by atoms with Crippen LogP contribution in [0.3, 0.4) is 0 Å². The minimum Gasteiger partial charge on any atom is -0.386 e. The minimum absolute atomic E-state index is 0.390. The van der Waals surface area contributed by atoms with E-state index in [-0.39, 0.29) is 6.04 Å². The molecule has 0 aliphatic carbocycles. The van der Waals surface area contributed by atoms with Crippen LogP contribution in [0.1, 0.15) is 28.8 Å². The van der Waals surface area contributed by atoms with Gasteiger partial charge in [0.1, 0.15) is 0 Å². The van der Waals surface area contributed by atoms with Gasteiger partial charge in [0.15, 0.2) is 0 Å². The second-order valence-electron chi connectivity index (χ2n) is 4.29. The van der Waals surface area contributed by atoms with Gasteiger partial charge in [0, 0.05) is 0 Å². The molecule has 0 spiro atoms. The van der Waals surface area contributed by atoms with E-state index in [9.17, 15) is 5.11 Å². The summed E-state index contributed by atoms with van der Waals surface area (Å²) in [5.74, 6) is 0. The van der Waals surface area contributed by atoms with Gasteiger partial charge in [-0.3, -0.25) is 0 Å². The summed E-state index contributed by atoms with van der Waals surface area (Å²) < 4.78 is 0. The van der Waals surface area contributed by atoms with Crippen LogP contribution in [0, 0.1) is 6.92 Å². The number of benzene rings is 2. The van der Waals surface area contributed by atoms with Gasteiger partial charge in [0.2, 0.25) is 0 Å². The van der Waals surface area contributed by atoms with Crippen molar-refractivity contribution in [2.45, 2.75) is 19.1 Å². The standard InChI is InChI=1S/C15H17NO/c1-11-7-9-13(10-8-11)15(17)14(16)12-5-3-2-4-6-12/h2-10,14-15,17H,16H2,1H3/t14-,15+/m1/s1. The Bertz CT molecular complexity index is 464. The number of aliphatic hydroxyl groups excluding tert-OH is 1. The van der Waals surface area contributed by atoms with Crippen LogP contribution in [0.2, 0.25) is 0 Å². The van der Waals surface area contributed by atoms with Crippen molar-refractivity contribution in [2.75, 3.05) is 0 Å². The van der Waals surface area contributed by atoms with Gasteiger partial charge < -0.3 is 10.8 Å². The summed E-state index contributed by atoms with van der Waals surface area (Å²) in [4.78, 5) is 0. The van der Waals surface area contributed by atoms with Gasteiger partial charge in [-0.1, -0.05) is 60.2 Å². The Kier molecular flexibility index (Phi) is 3.57. The second-order valence-corrected chi connectivity index (χ2v) is 4.29. The summed E-state index contributed by atoms with van der Waals surface area (Å²) >= 11 is 0. The molecule has 2 aromatic carbocycles. The molecule has 2 heteroatoms. The van der Waals surface area contributed by atoms with Crippen LogP contribution in [0.4, 0.5) is 0 Å².